The number of rotatable bonds is 4. The van der Waals surface area contributed by atoms with Gasteiger partial charge in [0.05, 0.1) is 0 Å². The van der Waals surface area contributed by atoms with Gasteiger partial charge in [-0.3, -0.25) is 15.1 Å². The molecule has 1 aliphatic rings. The largest absolute Gasteiger partial charge is 0.389 e. The fraction of sp³-hybridized carbons (Fsp3) is 0.818. The molecule has 18 heavy (non-hydrogen) atoms. The molecule has 0 saturated carbocycles. The molecular weight excluding hydrogens is 247 g/mol. The molecule has 1 saturated heterocycles. The summed E-state index contributed by atoms with van der Waals surface area (Å²) in [5, 5.41) is 5.40. The van der Waals surface area contributed by atoms with Crippen LogP contribution >= 0.6 is 0 Å². The number of hydrogen-bond donors (Lipinski definition) is 2. The number of carbonyl (C=O) groups excluding carboxylic acids is 1. The maximum absolute atomic E-state index is 12.1. The molecule has 0 aromatic carbocycles. The lowest BCUT2D eigenvalue weighted by Crippen LogP contribution is -2.43. The van der Waals surface area contributed by atoms with E-state index in [-0.39, 0.29) is 24.8 Å². The Morgan fingerprint density at radius 1 is 1.39 bits per heavy atom. The van der Waals surface area contributed by atoms with E-state index in [1.165, 1.54) is 0 Å². The molecule has 2 N–H and O–H groups in total. The molecule has 104 valence electrons. The van der Waals surface area contributed by atoms with Crippen molar-refractivity contribution in [1.29, 1.82) is 0 Å². The van der Waals surface area contributed by atoms with Gasteiger partial charge in [0.25, 0.3) is 5.91 Å². The van der Waals surface area contributed by atoms with Crippen molar-refractivity contribution in [2.45, 2.75) is 57.8 Å². The first-order valence-corrected chi connectivity index (χ1v) is 5.86. The van der Waals surface area contributed by atoms with Gasteiger partial charge in [0, 0.05) is 12.5 Å². The Kier molecular flexibility index (Phi) is 4.24. The van der Waals surface area contributed by atoms with Crippen molar-refractivity contribution >= 4 is 11.9 Å². The van der Waals surface area contributed by atoms with Crippen molar-refractivity contribution in [3.05, 3.63) is 0 Å². The standard InChI is InChI=1S/C11H18F3N3O/c1-7(2)15-9-16-8(18)10(3,17-9)5-4-6-11(12,13)14/h7H,4-6H2,1-3H3,(H2,15,16,17,18). The minimum atomic E-state index is -4.18. The predicted molar refractivity (Wildman–Crippen MR) is 62.2 cm³/mol. The number of hydrogen-bond acceptors (Lipinski definition) is 2. The zero-order chi connectivity index (χ0) is 14.0. The topological polar surface area (TPSA) is 53.5 Å². The van der Waals surface area contributed by atoms with E-state index in [0.29, 0.717) is 5.96 Å². The highest BCUT2D eigenvalue weighted by atomic mass is 19.4. The number of nitrogens with one attached hydrogen (secondary N) is 2. The van der Waals surface area contributed by atoms with Crippen LogP contribution in [0.15, 0.2) is 4.99 Å². The van der Waals surface area contributed by atoms with Crippen molar-refractivity contribution in [3.63, 3.8) is 0 Å². The van der Waals surface area contributed by atoms with Crippen LogP contribution in [-0.4, -0.2) is 29.6 Å². The molecule has 1 amide bonds. The molecule has 0 bridgehead atoms. The fourth-order valence-electron chi connectivity index (χ4n) is 1.74. The van der Waals surface area contributed by atoms with Gasteiger partial charge in [0.15, 0.2) is 5.96 Å². The van der Waals surface area contributed by atoms with E-state index in [9.17, 15) is 18.0 Å². The average Bonchev–Trinajstić information content (AvgIpc) is 2.38. The van der Waals surface area contributed by atoms with Crippen LogP contribution in [-0.2, 0) is 4.79 Å². The molecule has 4 nitrogen and oxygen atoms in total. The van der Waals surface area contributed by atoms with Gasteiger partial charge < -0.3 is 5.32 Å². The molecule has 1 fully saturated rings. The fourth-order valence-corrected chi connectivity index (χ4v) is 1.74. The van der Waals surface area contributed by atoms with Gasteiger partial charge >= 0.3 is 6.18 Å². The van der Waals surface area contributed by atoms with Crippen molar-refractivity contribution in [2.24, 2.45) is 4.99 Å². The van der Waals surface area contributed by atoms with Gasteiger partial charge in [-0.2, -0.15) is 13.2 Å². The number of nitrogens with zero attached hydrogens (tertiary/aromatic N) is 1. The monoisotopic (exact) mass is 265 g/mol. The smallest absolute Gasteiger partial charge is 0.342 e. The number of amides is 1. The molecule has 0 spiro atoms. The Hall–Kier alpha value is -1.27. The van der Waals surface area contributed by atoms with Crippen molar-refractivity contribution in [3.8, 4) is 0 Å². The first kappa shape index (κ1) is 14.8. The van der Waals surface area contributed by atoms with E-state index < -0.39 is 18.1 Å². The Morgan fingerprint density at radius 2 is 2.00 bits per heavy atom. The van der Waals surface area contributed by atoms with Crippen molar-refractivity contribution in [2.75, 3.05) is 0 Å². The van der Waals surface area contributed by atoms with Crippen LogP contribution in [0.1, 0.15) is 40.0 Å². The summed E-state index contributed by atoms with van der Waals surface area (Å²) in [4.78, 5) is 15.8. The Bertz CT molecular complexity index is 352. The van der Waals surface area contributed by atoms with E-state index in [0.717, 1.165) is 0 Å². The van der Waals surface area contributed by atoms with Crippen LogP contribution in [0.4, 0.5) is 13.2 Å². The molecule has 7 heteroatoms. The Morgan fingerprint density at radius 3 is 2.50 bits per heavy atom. The molecule has 0 aliphatic carbocycles. The van der Waals surface area contributed by atoms with E-state index in [1.807, 2.05) is 13.8 Å². The minimum Gasteiger partial charge on any atom is -0.342 e. The summed E-state index contributed by atoms with van der Waals surface area (Å²) in [7, 11) is 0. The summed E-state index contributed by atoms with van der Waals surface area (Å²) in [5.41, 5.74) is -1.00. The lowest BCUT2D eigenvalue weighted by Gasteiger charge is -2.21. The summed E-state index contributed by atoms with van der Waals surface area (Å²) >= 11 is 0. The van der Waals surface area contributed by atoms with Crippen LogP contribution in [0, 0.1) is 0 Å². The lowest BCUT2D eigenvalue weighted by atomic mass is 9.95. The summed E-state index contributed by atoms with van der Waals surface area (Å²) in [5.74, 6) is 0.00795. The SMILES string of the molecule is CC(C)N=C1NC(=O)C(C)(CCCC(F)(F)F)N1. The third kappa shape index (κ3) is 4.19. The van der Waals surface area contributed by atoms with Gasteiger partial charge in [0.2, 0.25) is 0 Å². The molecule has 1 rings (SSSR count). The predicted octanol–water partition coefficient (Wildman–Crippen LogP) is 1.96. The Balaban J connectivity index is 2.57. The second kappa shape index (κ2) is 5.16. The molecular formula is C11H18F3N3O. The number of halogens is 3. The quantitative estimate of drug-likeness (QED) is 0.816. The van der Waals surface area contributed by atoms with Crippen LogP contribution < -0.4 is 10.6 Å². The number of guanidine groups is 1. The van der Waals surface area contributed by atoms with Gasteiger partial charge in [-0.25, -0.2) is 0 Å². The van der Waals surface area contributed by atoms with E-state index in [4.69, 9.17) is 0 Å². The minimum absolute atomic E-state index is 0.00493. The maximum Gasteiger partial charge on any atom is 0.389 e. The lowest BCUT2D eigenvalue weighted by molar-refractivity contribution is -0.137. The van der Waals surface area contributed by atoms with Crippen LogP contribution in [0.2, 0.25) is 0 Å². The average molecular weight is 265 g/mol. The first-order chi connectivity index (χ1) is 8.12. The third-order valence-electron chi connectivity index (χ3n) is 2.65. The van der Waals surface area contributed by atoms with Gasteiger partial charge in [-0.1, -0.05) is 0 Å². The van der Waals surface area contributed by atoms with Gasteiger partial charge in [0.1, 0.15) is 5.54 Å². The number of alkyl halides is 3. The second-order valence-electron chi connectivity index (χ2n) is 4.95. The molecule has 0 radical (unpaired) electrons. The Labute approximate surface area is 104 Å². The van der Waals surface area contributed by atoms with Crippen LogP contribution in [0.5, 0.6) is 0 Å². The molecule has 1 heterocycles. The van der Waals surface area contributed by atoms with Gasteiger partial charge in [-0.15, -0.1) is 0 Å². The summed E-state index contributed by atoms with van der Waals surface area (Å²) in [6, 6.07) is 0.00493. The van der Waals surface area contributed by atoms with Crippen LogP contribution in [0.3, 0.4) is 0 Å². The molecule has 1 atom stereocenters. The van der Waals surface area contributed by atoms with Crippen LogP contribution in [0.25, 0.3) is 0 Å². The maximum atomic E-state index is 12.1. The molecule has 0 aromatic rings. The number of aliphatic imine (C=N–C) groups is 1. The van der Waals surface area contributed by atoms with E-state index in [2.05, 4.69) is 15.6 Å². The third-order valence-corrected chi connectivity index (χ3v) is 2.65. The summed E-state index contributed by atoms with van der Waals surface area (Å²) < 4.78 is 36.2. The zero-order valence-corrected chi connectivity index (χ0v) is 10.7. The summed E-state index contributed by atoms with van der Waals surface area (Å²) in [6.45, 7) is 5.28. The van der Waals surface area contributed by atoms with Crippen molar-refractivity contribution < 1.29 is 18.0 Å². The molecule has 0 aromatic heterocycles. The highest BCUT2D eigenvalue weighted by Crippen LogP contribution is 2.26. The van der Waals surface area contributed by atoms with Gasteiger partial charge in [-0.05, 0) is 33.6 Å². The first-order valence-electron chi connectivity index (χ1n) is 5.86. The van der Waals surface area contributed by atoms with E-state index in [1.54, 1.807) is 6.92 Å². The molecule has 1 unspecified atom stereocenters. The normalized spacial score (nSPS) is 26.6. The molecule has 1 aliphatic heterocycles. The van der Waals surface area contributed by atoms with Crippen molar-refractivity contribution in [1.82, 2.24) is 10.6 Å². The summed E-state index contributed by atoms with van der Waals surface area (Å²) in [6.07, 6.45) is -5.03. The zero-order valence-electron chi connectivity index (χ0n) is 10.7. The highest BCUT2D eigenvalue weighted by Gasteiger charge is 2.41. The number of carbonyl (C=O) groups is 1. The van der Waals surface area contributed by atoms with E-state index >= 15 is 0 Å². The second-order valence-corrected chi connectivity index (χ2v) is 4.95. The highest BCUT2D eigenvalue weighted by molar-refractivity contribution is 6.08.